The van der Waals surface area contributed by atoms with Crippen LogP contribution in [-0.4, -0.2) is 65.7 Å². The Bertz CT molecular complexity index is 1270. The van der Waals surface area contributed by atoms with Gasteiger partial charge in [-0.2, -0.15) is 0 Å². The highest BCUT2D eigenvalue weighted by molar-refractivity contribution is 5.95. The van der Waals surface area contributed by atoms with Crippen LogP contribution in [0.15, 0.2) is 66.7 Å². The molecule has 0 radical (unpaired) electrons. The second-order valence-electron chi connectivity index (χ2n) is 10.5. The van der Waals surface area contributed by atoms with Gasteiger partial charge in [-0.3, -0.25) is 4.79 Å². The first-order valence-electron chi connectivity index (χ1n) is 14.9. The maximum atomic E-state index is 11.9. The molecule has 0 saturated carbocycles. The van der Waals surface area contributed by atoms with E-state index in [2.05, 4.69) is 17.4 Å². The van der Waals surface area contributed by atoms with Gasteiger partial charge in [-0.15, -0.1) is 0 Å². The average Bonchev–Trinajstić information content (AvgIpc) is 3.04. The third kappa shape index (κ3) is 9.96. The Hall–Kier alpha value is -3.63. The lowest BCUT2D eigenvalue weighted by Crippen LogP contribution is -2.40. The normalized spacial score (nSPS) is 16.5. The van der Waals surface area contributed by atoms with Gasteiger partial charge >= 0.3 is 0 Å². The maximum Gasteiger partial charge on any atom is 0.252 e. The van der Waals surface area contributed by atoms with E-state index >= 15 is 0 Å². The van der Waals surface area contributed by atoms with Crippen LogP contribution in [0, 0.1) is 0 Å². The average molecular weight is 593 g/mol. The van der Waals surface area contributed by atoms with E-state index in [1.165, 1.54) is 5.56 Å². The molecule has 1 heterocycles. The van der Waals surface area contributed by atoms with Crippen molar-refractivity contribution in [3.63, 3.8) is 0 Å². The van der Waals surface area contributed by atoms with Crippen molar-refractivity contribution in [2.24, 2.45) is 5.73 Å². The van der Waals surface area contributed by atoms with E-state index in [0.717, 1.165) is 48.6 Å². The van der Waals surface area contributed by atoms with Crippen molar-refractivity contribution in [3.8, 4) is 17.2 Å². The molecular weight excluding hydrogens is 548 g/mol. The molecule has 0 aliphatic carbocycles. The molecule has 1 fully saturated rings. The van der Waals surface area contributed by atoms with Crippen LogP contribution >= 0.6 is 0 Å². The molecule has 43 heavy (non-hydrogen) atoms. The van der Waals surface area contributed by atoms with Crippen molar-refractivity contribution in [1.82, 2.24) is 5.32 Å². The minimum absolute atomic E-state index is 0.00259. The van der Waals surface area contributed by atoms with Crippen molar-refractivity contribution in [1.29, 1.82) is 0 Å². The molecule has 4 rings (SSSR count). The molecule has 0 aromatic heterocycles. The third-order valence-corrected chi connectivity index (χ3v) is 7.41. The summed E-state index contributed by atoms with van der Waals surface area (Å²) in [5.74, 6) is 1.89. The van der Waals surface area contributed by atoms with E-state index in [1.807, 2.05) is 48.5 Å². The number of ether oxygens (including phenoxy) is 6. The van der Waals surface area contributed by atoms with Crippen LogP contribution in [0.25, 0.3) is 0 Å². The highest BCUT2D eigenvalue weighted by Gasteiger charge is 2.27. The van der Waals surface area contributed by atoms with Gasteiger partial charge in [0.1, 0.15) is 17.2 Å². The van der Waals surface area contributed by atoms with Crippen molar-refractivity contribution in [3.05, 3.63) is 89.0 Å². The second-order valence-corrected chi connectivity index (χ2v) is 10.5. The third-order valence-electron chi connectivity index (χ3n) is 7.41. The van der Waals surface area contributed by atoms with Gasteiger partial charge in [-0.1, -0.05) is 36.4 Å². The van der Waals surface area contributed by atoms with Crippen LogP contribution in [0.1, 0.15) is 52.2 Å². The Balaban J connectivity index is 1.25. The van der Waals surface area contributed by atoms with Crippen LogP contribution in [-0.2, 0) is 27.4 Å². The first-order chi connectivity index (χ1) is 21.1. The van der Waals surface area contributed by atoms with Gasteiger partial charge in [0.25, 0.3) is 5.91 Å². The molecule has 1 amide bonds. The first-order valence-corrected chi connectivity index (χ1v) is 14.9. The SMILES string of the molecule is COCCCOc1cc(COC2CNCC[C@@H]2c2ccc(OCCCOCc3ccccc3OC)cc2)ccc1C(N)=O. The molecule has 3 N–H and O–H groups in total. The summed E-state index contributed by atoms with van der Waals surface area (Å²) in [6, 6.07) is 21.6. The number of para-hydroxylation sites is 1. The van der Waals surface area contributed by atoms with E-state index in [1.54, 1.807) is 20.3 Å². The number of rotatable bonds is 18. The zero-order valence-corrected chi connectivity index (χ0v) is 25.2. The molecule has 1 aliphatic heterocycles. The van der Waals surface area contributed by atoms with E-state index in [9.17, 15) is 4.79 Å². The van der Waals surface area contributed by atoms with E-state index in [0.29, 0.717) is 57.4 Å². The molecule has 1 aliphatic rings. The maximum absolute atomic E-state index is 11.9. The highest BCUT2D eigenvalue weighted by atomic mass is 16.5. The Morgan fingerprint density at radius 2 is 1.67 bits per heavy atom. The topological polar surface area (TPSA) is 110 Å². The number of primary amides is 1. The van der Waals surface area contributed by atoms with Crippen molar-refractivity contribution in [2.75, 3.05) is 53.7 Å². The molecule has 3 aromatic carbocycles. The molecule has 2 atom stereocenters. The lowest BCUT2D eigenvalue weighted by atomic mass is 9.87. The number of carbonyl (C=O) groups excluding carboxylic acids is 1. The highest BCUT2D eigenvalue weighted by Crippen LogP contribution is 2.30. The summed E-state index contributed by atoms with van der Waals surface area (Å²) in [6.07, 6.45) is 2.49. The zero-order valence-electron chi connectivity index (χ0n) is 25.2. The number of carbonyl (C=O) groups is 1. The smallest absolute Gasteiger partial charge is 0.252 e. The lowest BCUT2D eigenvalue weighted by molar-refractivity contribution is 0.0105. The van der Waals surface area contributed by atoms with Gasteiger partial charge in [0.05, 0.1) is 51.8 Å². The first kappa shape index (κ1) is 32.3. The molecule has 232 valence electrons. The molecule has 1 saturated heterocycles. The number of hydrogen-bond acceptors (Lipinski definition) is 8. The summed E-state index contributed by atoms with van der Waals surface area (Å²) in [5, 5.41) is 3.45. The molecular formula is C34H44N2O7. The van der Waals surface area contributed by atoms with Crippen LogP contribution in [0.2, 0.25) is 0 Å². The summed E-state index contributed by atoms with van der Waals surface area (Å²) >= 11 is 0. The van der Waals surface area contributed by atoms with Gasteiger partial charge < -0.3 is 39.5 Å². The van der Waals surface area contributed by atoms with E-state index in [-0.39, 0.29) is 12.0 Å². The summed E-state index contributed by atoms with van der Waals surface area (Å²) in [7, 11) is 3.31. The minimum atomic E-state index is -0.518. The van der Waals surface area contributed by atoms with Gasteiger partial charge in [0.2, 0.25) is 0 Å². The monoisotopic (exact) mass is 592 g/mol. The number of benzene rings is 3. The van der Waals surface area contributed by atoms with Crippen molar-refractivity contribution < 1.29 is 33.2 Å². The fourth-order valence-corrected chi connectivity index (χ4v) is 5.12. The van der Waals surface area contributed by atoms with Gasteiger partial charge in [-0.05, 0) is 54.4 Å². The van der Waals surface area contributed by atoms with Crippen molar-refractivity contribution in [2.45, 2.75) is 44.5 Å². The van der Waals surface area contributed by atoms with Crippen LogP contribution in [0.5, 0.6) is 17.2 Å². The van der Waals surface area contributed by atoms with E-state index < -0.39 is 5.91 Å². The minimum Gasteiger partial charge on any atom is -0.496 e. The Labute approximate surface area is 254 Å². The second kappa shape index (κ2) is 17.5. The van der Waals surface area contributed by atoms with Crippen LogP contribution < -0.4 is 25.3 Å². The molecule has 3 aromatic rings. The summed E-state index contributed by atoms with van der Waals surface area (Å²) in [4.78, 5) is 11.9. The van der Waals surface area contributed by atoms with Gasteiger partial charge in [0, 0.05) is 44.6 Å². The largest absolute Gasteiger partial charge is 0.496 e. The lowest BCUT2D eigenvalue weighted by Gasteiger charge is -2.32. The van der Waals surface area contributed by atoms with Gasteiger partial charge in [0.15, 0.2) is 0 Å². The standard InChI is InChI=1S/C34H44N2O7/c1-38-17-5-20-42-32-21-25(9-14-30(32)34(35)37)23-43-33-22-36-16-15-29(33)26-10-12-28(13-11-26)41-19-6-18-40-24-27-7-3-4-8-31(27)39-2/h3-4,7-14,21,29,33,36H,5-6,15-20,22-24H2,1-2H3,(H2,35,37)/t29-,33?/m1/s1. The van der Waals surface area contributed by atoms with Crippen molar-refractivity contribution >= 4 is 5.91 Å². The predicted molar refractivity (Wildman–Crippen MR) is 165 cm³/mol. The van der Waals surface area contributed by atoms with Crippen LogP contribution in [0.4, 0.5) is 0 Å². The number of hydrogen-bond donors (Lipinski definition) is 2. The summed E-state index contributed by atoms with van der Waals surface area (Å²) < 4.78 is 34.4. The molecule has 0 spiro atoms. The number of nitrogens with two attached hydrogens (primary N) is 1. The predicted octanol–water partition coefficient (Wildman–Crippen LogP) is 4.86. The molecule has 0 bridgehead atoms. The quantitative estimate of drug-likeness (QED) is 0.202. The Kier molecular flexibility index (Phi) is 13.1. The number of methoxy groups -OCH3 is 2. The Morgan fingerprint density at radius 3 is 2.47 bits per heavy atom. The zero-order chi connectivity index (χ0) is 30.3. The number of piperidine rings is 1. The molecule has 1 unspecified atom stereocenters. The van der Waals surface area contributed by atoms with E-state index in [4.69, 9.17) is 34.2 Å². The number of amides is 1. The molecule has 9 heteroatoms. The Morgan fingerprint density at radius 1 is 0.884 bits per heavy atom. The molecule has 9 nitrogen and oxygen atoms in total. The fourth-order valence-electron chi connectivity index (χ4n) is 5.12. The fraction of sp³-hybridized carbons (Fsp3) is 0.441. The van der Waals surface area contributed by atoms with Crippen LogP contribution in [0.3, 0.4) is 0 Å². The summed E-state index contributed by atoms with van der Waals surface area (Å²) in [6.45, 7) is 4.82. The van der Waals surface area contributed by atoms with Gasteiger partial charge in [-0.25, -0.2) is 0 Å². The number of nitrogens with one attached hydrogen (secondary N) is 1. The summed E-state index contributed by atoms with van der Waals surface area (Å²) in [5.41, 5.74) is 9.10.